The topological polar surface area (TPSA) is 136 Å². The SMILES string of the molecule is CCCCCCCC/C=C\CCCCCCCC(=O)OCC(CO)OCc1nc2nc(N)ncc2[nH]1. The molecule has 0 spiro atoms. The summed E-state index contributed by atoms with van der Waals surface area (Å²) in [5, 5.41) is 9.52. The molecular weight excluding hydrogens is 458 g/mol. The largest absolute Gasteiger partial charge is 0.463 e. The third-order valence-corrected chi connectivity index (χ3v) is 6.04. The molecule has 0 bridgehead atoms. The molecule has 2 aromatic rings. The molecular formula is C27H45N5O4. The van der Waals surface area contributed by atoms with Crippen molar-refractivity contribution in [2.45, 2.75) is 110 Å². The number of aliphatic hydroxyl groups excluding tert-OH is 1. The third-order valence-electron chi connectivity index (χ3n) is 6.04. The first-order chi connectivity index (χ1) is 17.6. The maximum Gasteiger partial charge on any atom is 0.305 e. The number of H-pyrrole nitrogens is 1. The molecule has 0 saturated carbocycles. The molecule has 0 radical (unpaired) electrons. The summed E-state index contributed by atoms with van der Waals surface area (Å²) in [5.74, 6) is 0.417. The molecule has 1 atom stereocenters. The van der Waals surface area contributed by atoms with Gasteiger partial charge in [0.05, 0.1) is 12.8 Å². The molecule has 9 nitrogen and oxygen atoms in total. The number of carbonyl (C=O) groups is 1. The lowest BCUT2D eigenvalue weighted by atomic mass is 10.1. The molecule has 0 fully saturated rings. The number of carbonyl (C=O) groups excluding carboxylic acids is 1. The Morgan fingerprint density at radius 3 is 2.39 bits per heavy atom. The van der Waals surface area contributed by atoms with Crippen molar-refractivity contribution in [1.82, 2.24) is 19.9 Å². The number of imidazole rings is 1. The highest BCUT2D eigenvalue weighted by Gasteiger charge is 2.13. The van der Waals surface area contributed by atoms with Gasteiger partial charge in [0.15, 0.2) is 5.65 Å². The quantitative estimate of drug-likeness (QED) is 0.117. The molecule has 0 aliphatic carbocycles. The Balaban J connectivity index is 1.44. The zero-order valence-corrected chi connectivity index (χ0v) is 21.9. The first kappa shape index (κ1) is 29.7. The highest BCUT2D eigenvalue weighted by molar-refractivity contribution is 5.70. The lowest BCUT2D eigenvalue weighted by Gasteiger charge is -2.14. The number of nitrogens with one attached hydrogen (secondary N) is 1. The molecule has 0 amide bonds. The van der Waals surface area contributed by atoms with Crippen LogP contribution in [0.15, 0.2) is 18.3 Å². The number of hydrogen-bond donors (Lipinski definition) is 3. The van der Waals surface area contributed by atoms with E-state index in [1.807, 2.05) is 0 Å². The standard InChI is InChI=1S/C27H45N5O4/c1-2-3-4-5-6-7-8-9-10-11-12-13-14-15-16-17-25(34)36-20-22(19-33)35-21-24-30-23-18-29-27(28)32-26(23)31-24/h9-10,18,22,33H,2-8,11-17,19-21H2,1H3,(H3,28,29,30,31,32)/b10-9-. The molecule has 0 aromatic carbocycles. The van der Waals surface area contributed by atoms with Crippen LogP contribution in [-0.4, -0.2) is 50.3 Å². The zero-order valence-electron chi connectivity index (χ0n) is 21.9. The number of rotatable bonds is 21. The Kier molecular flexibility index (Phi) is 15.4. The maximum absolute atomic E-state index is 12.0. The number of aromatic amines is 1. The number of unbranched alkanes of at least 4 members (excludes halogenated alkanes) is 11. The first-order valence-corrected chi connectivity index (χ1v) is 13.6. The van der Waals surface area contributed by atoms with Gasteiger partial charge < -0.3 is 25.3 Å². The van der Waals surface area contributed by atoms with E-state index in [-0.39, 0.29) is 31.7 Å². The maximum atomic E-state index is 12.0. The summed E-state index contributed by atoms with van der Waals surface area (Å²) in [5.41, 5.74) is 6.66. The zero-order chi connectivity index (χ0) is 25.8. The van der Waals surface area contributed by atoms with Crippen molar-refractivity contribution in [3.63, 3.8) is 0 Å². The monoisotopic (exact) mass is 503 g/mol. The smallest absolute Gasteiger partial charge is 0.305 e. The Hall–Kier alpha value is -2.52. The molecule has 9 heteroatoms. The van der Waals surface area contributed by atoms with Gasteiger partial charge in [-0.2, -0.15) is 4.98 Å². The van der Waals surface area contributed by atoms with Gasteiger partial charge in [-0.1, -0.05) is 70.4 Å². The van der Waals surface area contributed by atoms with E-state index in [4.69, 9.17) is 15.2 Å². The summed E-state index contributed by atoms with van der Waals surface area (Å²) in [6.45, 7) is 2.12. The van der Waals surface area contributed by atoms with Crippen molar-refractivity contribution in [3.8, 4) is 0 Å². The minimum atomic E-state index is -0.618. The van der Waals surface area contributed by atoms with Gasteiger partial charge in [-0.3, -0.25) is 4.79 Å². The van der Waals surface area contributed by atoms with Crippen LogP contribution >= 0.6 is 0 Å². The number of aliphatic hydroxyl groups is 1. The highest BCUT2D eigenvalue weighted by Crippen LogP contribution is 2.12. The van der Waals surface area contributed by atoms with Crippen LogP contribution in [0.5, 0.6) is 0 Å². The van der Waals surface area contributed by atoms with Gasteiger partial charge in [0.2, 0.25) is 5.95 Å². The number of hydrogen-bond acceptors (Lipinski definition) is 8. The van der Waals surface area contributed by atoms with Gasteiger partial charge in [0.25, 0.3) is 0 Å². The van der Waals surface area contributed by atoms with E-state index in [1.54, 1.807) is 6.20 Å². The molecule has 0 aliphatic heterocycles. The van der Waals surface area contributed by atoms with E-state index in [0.29, 0.717) is 23.4 Å². The van der Waals surface area contributed by atoms with Crippen molar-refractivity contribution < 1.29 is 19.4 Å². The number of aromatic nitrogens is 4. The predicted molar refractivity (Wildman–Crippen MR) is 142 cm³/mol. The van der Waals surface area contributed by atoms with Crippen LogP contribution in [0.4, 0.5) is 5.95 Å². The minimum absolute atomic E-state index is 0.00733. The summed E-state index contributed by atoms with van der Waals surface area (Å²) in [7, 11) is 0. The fourth-order valence-electron chi connectivity index (χ4n) is 3.89. The summed E-state index contributed by atoms with van der Waals surface area (Å²) >= 11 is 0. The van der Waals surface area contributed by atoms with E-state index >= 15 is 0 Å². The summed E-state index contributed by atoms with van der Waals surface area (Å²) < 4.78 is 10.9. The lowest BCUT2D eigenvalue weighted by Crippen LogP contribution is -2.25. The number of nitrogen functional groups attached to an aromatic ring is 1. The molecule has 1 unspecified atom stereocenters. The van der Waals surface area contributed by atoms with Crippen molar-refractivity contribution in [3.05, 3.63) is 24.2 Å². The lowest BCUT2D eigenvalue weighted by molar-refractivity contribution is -0.149. The van der Waals surface area contributed by atoms with Crippen molar-refractivity contribution in [2.75, 3.05) is 18.9 Å². The Bertz CT molecular complexity index is 886. The summed E-state index contributed by atoms with van der Waals surface area (Å²) in [6.07, 6.45) is 21.8. The van der Waals surface area contributed by atoms with Crippen molar-refractivity contribution in [1.29, 1.82) is 0 Å². The van der Waals surface area contributed by atoms with Crippen LogP contribution in [0.3, 0.4) is 0 Å². The van der Waals surface area contributed by atoms with E-state index in [1.165, 1.54) is 57.8 Å². The van der Waals surface area contributed by atoms with Crippen molar-refractivity contribution >= 4 is 23.1 Å². The Morgan fingerprint density at radius 1 is 1.03 bits per heavy atom. The number of anilines is 1. The summed E-state index contributed by atoms with van der Waals surface area (Å²) in [6, 6.07) is 0. The summed E-state index contributed by atoms with van der Waals surface area (Å²) in [4.78, 5) is 27.2. The van der Waals surface area contributed by atoms with Gasteiger partial charge >= 0.3 is 5.97 Å². The van der Waals surface area contributed by atoms with Gasteiger partial charge in [-0.05, 0) is 32.1 Å². The average molecular weight is 504 g/mol. The molecule has 0 saturated heterocycles. The molecule has 36 heavy (non-hydrogen) atoms. The second kappa shape index (κ2) is 18.7. The first-order valence-electron chi connectivity index (χ1n) is 13.6. The number of esters is 1. The second-order valence-corrected chi connectivity index (χ2v) is 9.28. The molecule has 2 aromatic heterocycles. The van der Waals surface area contributed by atoms with Gasteiger partial charge in [-0.15, -0.1) is 0 Å². The van der Waals surface area contributed by atoms with Crippen LogP contribution in [0.2, 0.25) is 0 Å². The van der Waals surface area contributed by atoms with Crippen LogP contribution in [0, 0.1) is 0 Å². The number of ether oxygens (including phenoxy) is 2. The van der Waals surface area contributed by atoms with Crippen molar-refractivity contribution in [2.24, 2.45) is 0 Å². The molecule has 2 rings (SSSR count). The number of nitrogens with two attached hydrogens (primary N) is 1. The van der Waals surface area contributed by atoms with E-state index in [0.717, 1.165) is 25.7 Å². The molecule has 202 valence electrons. The van der Waals surface area contributed by atoms with Crippen LogP contribution in [0.25, 0.3) is 11.2 Å². The van der Waals surface area contributed by atoms with Gasteiger partial charge in [0, 0.05) is 6.42 Å². The predicted octanol–water partition coefficient (Wildman–Crippen LogP) is 5.39. The van der Waals surface area contributed by atoms with Crippen LogP contribution in [0.1, 0.15) is 103 Å². The normalized spacial score (nSPS) is 12.5. The Labute approximate surface area is 215 Å². The third kappa shape index (κ3) is 13.0. The molecule has 2 heterocycles. The van der Waals surface area contributed by atoms with E-state index < -0.39 is 6.10 Å². The fourth-order valence-corrected chi connectivity index (χ4v) is 3.89. The second-order valence-electron chi connectivity index (χ2n) is 9.28. The number of fused-ring (bicyclic) bond motifs is 1. The minimum Gasteiger partial charge on any atom is -0.463 e. The van der Waals surface area contributed by atoms with Gasteiger partial charge in [-0.25, -0.2) is 9.97 Å². The highest BCUT2D eigenvalue weighted by atomic mass is 16.6. The fraction of sp³-hybridized carbons (Fsp3) is 0.704. The number of allylic oxidation sites excluding steroid dienone is 2. The van der Waals surface area contributed by atoms with Gasteiger partial charge in [0.1, 0.15) is 30.7 Å². The van der Waals surface area contributed by atoms with Crippen LogP contribution < -0.4 is 5.73 Å². The Morgan fingerprint density at radius 2 is 1.69 bits per heavy atom. The molecule has 4 N–H and O–H groups in total. The average Bonchev–Trinajstić information content (AvgIpc) is 3.28. The number of nitrogens with zero attached hydrogens (tertiary/aromatic N) is 3. The van der Waals surface area contributed by atoms with E-state index in [2.05, 4.69) is 39.0 Å². The molecule has 0 aliphatic rings. The van der Waals surface area contributed by atoms with Crippen LogP contribution in [-0.2, 0) is 20.9 Å². The van der Waals surface area contributed by atoms with E-state index in [9.17, 15) is 9.90 Å².